The second-order valence-electron chi connectivity index (χ2n) is 6.88. The Balaban J connectivity index is 2.26. The van der Waals surface area contributed by atoms with Gasteiger partial charge in [0.05, 0.1) is 18.0 Å². The number of nitrogens with one attached hydrogen (secondary N) is 1. The SMILES string of the molecule is COCc1cc(NCc2c(C)nn(C)c2C)nc(C(C)(C)C)n1. The number of nitrogens with zero attached hydrogens (tertiary/aromatic N) is 4. The fraction of sp³-hybridized carbons (Fsp3) is 0.588. The second-order valence-corrected chi connectivity index (χ2v) is 6.88. The normalized spacial score (nSPS) is 11.8. The molecule has 0 atom stereocenters. The zero-order valence-corrected chi connectivity index (χ0v) is 15.2. The van der Waals surface area contributed by atoms with Crippen molar-refractivity contribution in [3.05, 3.63) is 34.5 Å². The van der Waals surface area contributed by atoms with Gasteiger partial charge in [-0.3, -0.25) is 4.68 Å². The molecule has 0 bridgehead atoms. The van der Waals surface area contributed by atoms with Gasteiger partial charge in [-0.25, -0.2) is 9.97 Å². The molecule has 2 aromatic heterocycles. The summed E-state index contributed by atoms with van der Waals surface area (Å²) < 4.78 is 7.13. The van der Waals surface area contributed by atoms with Crippen LogP contribution in [0.15, 0.2) is 6.07 Å². The summed E-state index contributed by atoms with van der Waals surface area (Å²) in [7, 11) is 3.64. The van der Waals surface area contributed by atoms with E-state index in [0.29, 0.717) is 13.2 Å². The lowest BCUT2D eigenvalue weighted by atomic mass is 9.95. The summed E-state index contributed by atoms with van der Waals surface area (Å²) in [6, 6.07) is 1.94. The highest BCUT2D eigenvalue weighted by Crippen LogP contribution is 2.21. The highest BCUT2D eigenvalue weighted by atomic mass is 16.5. The first-order valence-electron chi connectivity index (χ1n) is 7.82. The maximum atomic E-state index is 5.22. The Morgan fingerprint density at radius 1 is 1.22 bits per heavy atom. The van der Waals surface area contributed by atoms with Crippen molar-refractivity contribution in [2.24, 2.45) is 7.05 Å². The molecule has 1 N–H and O–H groups in total. The van der Waals surface area contributed by atoms with Crippen LogP contribution in [-0.2, 0) is 30.4 Å². The van der Waals surface area contributed by atoms with E-state index in [4.69, 9.17) is 4.74 Å². The van der Waals surface area contributed by atoms with E-state index in [0.717, 1.165) is 28.7 Å². The first-order chi connectivity index (χ1) is 10.7. The Bertz CT molecular complexity index is 685. The number of anilines is 1. The number of hydrogen-bond acceptors (Lipinski definition) is 5. The summed E-state index contributed by atoms with van der Waals surface area (Å²) in [5.41, 5.74) is 4.18. The molecular formula is C17H27N5O. The number of rotatable bonds is 5. The highest BCUT2D eigenvalue weighted by molar-refractivity contribution is 5.39. The number of ether oxygens (including phenoxy) is 1. The third kappa shape index (κ3) is 4.07. The van der Waals surface area contributed by atoms with Gasteiger partial charge >= 0.3 is 0 Å². The van der Waals surface area contributed by atoms with Crippen LogP contribution in [0.25, 0.3) is 0 Å². The average Bonchev–Trinajstić information content (AvgIpc) is 2.69. The second kappa shape index (κ2) is 6.66. The van der Waals surface area contributed by atoms with Gasteiger partial charge in [0.2, 0.25) is 0 Å². The van der Waals surface area contributed by atoms with E-state index in [1.807, 2.05) is 24.7 Å². The van der Waals surface area contributed by atoms with Crippen LogP contribution in [0.5, 0.6) is 0 Å². The zero-order chi connectivity index (χ0) is 17.2. The third-order valence-electron chi connectivity index (χ3n) is 3.85. The lowest BCUT2D eigenvalue weighted by Gasteiger charge is -2.19. The van der Waals surface area contributed by atoms with Crippen LogP contribution in [0.1, 0.15) is 49.2 Å². The fourth-order valence-corrected chi connectivity index (χ4v) is 2.40. The van der Waals surface area contributed by atoms with Crippen molar-refractivity contribution in [1.82, 2.24) is 19.7 Å². The molecule has 0 aromatic carbocycles. The van der Waals surface area contributed by atoms with Crippen LogP contribution in [-0.4, -0.2) is 26.9 Å². The minimum atomic E-state index is -0.111. The van der Waals surface area contributed by atoms with Gasteiger partial charge in [0, 0.05) is 43.4 Å². The Morgan fingerprint density at radius 2 is 1.91 bits per heavy atom. The molecule has 0 fully saturated rings. The molecule has 0 aliphatic heterocycles. The van der Waals surface area contributed by atoms with Crippen molar-refractivity contribution < 1.29 is 4.74 Å². The van der Waals surface area contributed by atoms with E-state index in [9.17, 15) is 0 Å². The molecule has 0 spiro atoms. The number of aryl methyl sites for hydroxylation is 2. The molecule has 0 saturated heterocycles. The third-order valence-corrected chi connectivity index (χ3v) is 3.85. The molecule has 2 heterocycles. The fourth-order valence-electron chi connectivity index (χ4n) is 2.40. The van der Waals surface area contributed by atoms with Crippen LogP contribution in [0.2, 0.25) is 0 Å². The average molecular weight is 317 g/mol. The molecule has 23 heavy (non-hydrogen) atoms. The van der Waals surface area contributed by atoms with E-state index < -0.39 is 0 Å². The van der Waals surface area contributed by atoms with Gasteiger partial charge in [0.15, 0.2) is 0 Å². The molecule has 0 amide bonds. The van der Waals surface area contributed by atoms with Crippen molar-refractivity contribution in [1.29, 1.82) is 0 Å². The van der Waals surface area contributed by atoms with Gasteiger partial charge < -0.3 is 10.1 Å². The van der Waals surface area contributed by atoms with E-state index in [1.54, 1.807) is 7.11 Å². The first kappa shape index (κ1) is 17.4. The summed E-state index contributed by atoms with van der Waals surface area (Å²) in [6.07, 6.45) is 0. The molecule has 0 radical (unpaired) electrons. The quantitative estimate of drug-likeness (QED) is 0.918. The minimum Gasteiger partial charge on any atom is -0.378 e. The number of hydrogen-bond donors (Lipinski definition) is 1. The van der Waals surface area contributed by atoms with Gasteiger partial charge in [0.1, 0.15) is 11.6 Å². The van der Waals surface area contributed by atoms with Crippen LogP contribution >= 0.6 is 0 Å². The predicted molar refractivity (Wildman–Crippen MR) is 91.5 cm³/mol. The molecule has 0 aliphatic rings. The number of aromatic nitrogens is 4. The van der Waals surface area contributed by atoms with E-state index in [1.165, 1.54) is 5.56 Å². The van der Waals surface area contributed by atoms with E-state index in [-0.39, 0.29) is 5.41 Å². The van der Waals surface area contributed by atoms with E-state index >= 15 is 0 Å². The first-order valence-corrected chi connectivity index (χ1v) is 7.82. The summed E-state index contributed by atoms with van der Waals surface area (Å²) in [4.78, 5) is 9.26. The van der Waals surface area contributed by atoms with Crippen molar-refractivity contribution in [3.63, 3.8) is 0 Å². The Morgan fingerprint density at radius 3 is 2.43 bits per heavy atom. The molecular weight excluding hydrogens is 290 g/mol. The maximum absolute atomic E-state index is 5.22. The van der Waals surface area contributed by atoms with Gasteiger partial charge in [-0.2, -0.15) is 5.10 Å². The van der Waals surface area contributed by atoms with E-state index in [2.05, 4.69) is 48.1 Å². The van der Waals surface area contributed by atoms with Crippen molar-refractivity contribution in [2.75, 3.05) is 12.4 Å². The summed E-state index contributed by atoms with van der Waals surface area (Å²) >= 11 is 0. The molecule has 126 valence electrons. The van der Waals surface area contributed by atoms with Gasteiger partial charge in [-0.05, 0) is 13.8 Å². The molecule has 2 aromatic rings. The smallest absolute Gasteiger partial charge is 0.136 e. The summed E-state index contributed by atoms with van der Waals surface area (Å²) in [6.45, 7) is 11.6. The van der Waals surface area contributed by atoms with Crippen molar-refractivity contribution >= 4 is 5.82 Å². The van der Waals surface area contributed by atoms with Crippen LogP contribution in [0.3, 0.4) is 0 Å². The maximum Gasteiger partial charge on any atom is 0.136 e. The van der Waals surface area contributed by atoms with Crippen LogP contribution < -0.4 is 5.32 Å². The number of methoxy groups -OCH3 is 1. The van der Waals surface area contributed by atoms with Crippen molar-refractivity contribution in [3.8, 4) is 0 Å². The topological polar surface area (TPSA) is 64.9 Å². The minimum absolute atomic E-state index is 0.111. The molecule has 6 heteroatoms. The highest BCUT2D eigenvalue weighted by Gasteiger charge is 2.19. The lowest BCUT2D eigenvalue weighted by molar-refractivity contribution is 0.181. The van der Waals surface area contributed by atoms with Gasteiger partial charge in [-0.15, -0.1) is 0 Å². The van der Waals surface area contributed by atoms with Gasteiger partial charge in [0.25, 0.3) is 0 Å². The monoisotopic (exact) mass is 317 g/mol. The summed E-state index contributed by atoms with van der Waals surface area (Å²) in [5, 5.41) is 7.86. The Labute approximate surface area is 138 Å². The molecule has 0 aliphatic carbocycles. The lowest BCUT2D eigenvalue weighted by Crippen LogP contribution is -2.18. The van der Waals surface area contributed by atoms with Crippen molar-refractivity contribution in [2.45, 2.75) is 53.2 Å². The summed E-state index contributed by atoms with van der Waals surface area (Å²) in [5.74, 6) is 1.63. The standard InChI is InChI=1S/C17H27N5O/c1-11-14(12(2)22(6)21-11)9-18-15-8-13(10-23-7)19-16(20-15)17(3,4)5/h8H,9-10H2,1-7H3,(H,18,19,20). The molecule has 0 saturated carbocycles. The largest absolute Gasteiger partial charge is 0.378 e. The zero-order valence-electron chi connectivity index (χ0n) is 15.2. The molecule has 0 unspecified atom stereocenters. The Kier molecular flexibility index (Phi) is 5.04. The van der Waals surface area contributed by atoms with Crippen LogP contribution in [0, 0.1) is 13.8 Å². The van der Waals surface area contributed by atoms with Crippen LogP contribution in [0.4, 0.5) is 5.82 Å². The van der Waals surface area contributed by atoms with Gasteiger partial charge in [-0.1, -0.05) is 20.8 Å². The predicted octanol–water partition coefficient (Wildman–Crippen LogP) is 2.88. The molecule has 2 rings (SSSR count). The molecule has 6 nitrogen and oxygen atoms in total. The Hall–Kier alpha value is -1.95.